The number of carboxylic acid groups (broad SMARTS) is 1. The average Bonchev–Trinajstić information content (AvgIpc) is 2.40. The van der Waals surface area contributed by atoms with Crippen molar-refractivity contribution in [2.75, 3.05) is 18.4 Å². The Bertz CT molecular complexity index is 535. The molecule has 2 atom stereocenters. The van der Waals surface area contributed by atoms with Gasteiger partial charge in [0, 0.05) is 10.7 Å². The number of hydrogen-bond donors (Lipinski definition) is 2. The van der Waals surface area contributed by atoms with Crippen LogP contribution in [-0.2, 0) is 9.59 Å². The molecule has 6 heteroatoms. The van der Waals surface area contributed by atoms with Crippen LogP contribution in [0, 0.1) is 5.92 Å². The highest BCUT2D eigenvalue weighted by molar-refractivity contribution is 6.30. The summed E-state index contributed by atoms with van der Waals surface area (Å²) in [6.07, 6.45) is 1.49. The van der Waals surface area contributed by atoms with E-state index in [9.17, 15) is 14.7 Å². The molecule has 1 saturated heterocycles. The van der Waals surface area contributed by atoms with Crippen LogP contribution in [0.5, 0.6) is 0 Å². The number of carbonyl (C=O) groups excluding carboxylic acids is 1. The van der Waals surface area contributed by atoms with Gasteiger partial charge in [-0.1, -0.05) is 24.6 Å². The van der Waals surface area contributed by atoms with E-state index in [-0.39, 0.29) is 12.5 Å². The molecule has 21 heavy (non-hydrogen) atoms. The number of hydrogen-bond acceptors (Lipinski definition) is 3. The van der Waals surface area contributed by atoms with Crippen molar-refractivity contribution >= 4 is 29.2 Å². The third-order valence-electron chi connectivity index (χ3n) is 3.72. The number of likely N-dealkylation sites (tertiary alicyclic amines) is 1. The molecule has 0 saturated carbocycles. The van der Waals surface area contributed by atoms with Crippen molar-refractivity contribution in [2.45, 2.75) is 25.8 Å². The molecule has 5 nitrogen and oxygen atoms in total. The Morgan fingerprint density at radius 3 is 2.90 bits per heavy atom. The number of carboxylic acids is 1. The number of halogens is 1. The van der Waals surface area contributed by atoms with Gasteiger partial charge in [-0.15, -0.1) is 0 Å². The molecule has 2 unspecified atom stereocenters. The summed E-state index contributed by atoms with van der Waals surface area (Å²) in [4.78, 5) is 25.1. The van der Waals surface area contributed by atoms with Crippen molar-refractivity contribution in [2.24, 2.45) is 5.92 Å². The first-order valence-corrected chi connectivity index (χ1v) is 7.36. The molecular weight excluding hydrogens is 292 g/mol. The van der Waals surface area contributed by atoms with Gasteiger partial charge in [-0.2, -0.15) is 0 Å². The van der Waals surface area contributed by atoms with Crippen LogP contribution < -0.4 is 5.32 Å². The molecule has 0 aliphatic carbocycles. The van der Waals surface area contributed by atoms with Crippen LogP contribution in [0.1, 0.15) is 19.8 Å². The van der Waals surface area contributed by atoms with Gasteiger partial charge in [-0.05, 0) is 43.5 Å². The predicted molar refractivity (Wildman–Crippen MR) is 81.5 cm³/mol. The molecule has 1 heterocycles. The number of anilines is 1. The van der Waals surface area contributed by atoms with Crippen molar-refractivity contribution < 1.29 is 14.7 Å². The largest absolute Gasteiger partial charge is 0.480 e. The molecule has 0 bridgehead atoms. The molecule has 1 aromatic carbocycles. The summed E-state index contributed by atoms with van der Waals surface area (Å²) in [6.45, 7) is 2.75. The third kappa shape index (κ3) is 4.44. The second-order valence-corrected chi connectivity index (χ2v) is 5.95. The van der Waals surface area contributed by atoms with Gasteiger partial charge in [-0.25, -0.2) is 0 Å². The molecule has 0 radical (unpaired) electrons. The number of rotatable bonds is 4. The number of nitrogens with one attached hydrogen (secondary N) is 1. The van der Waals surface area contributed by atoms with E-state index < -0.39 is 12.0 Å². The highest BCUT2D eigenvalue weighted by Crippen LogP contribution is 2.22. The molecule has 1 aromatic rings. The number of carbonyl (C=O) groups is 2. The molecule has 2 rings (SSSR count). The van der Waals surface area contributed by atoms with Crippen LogP contribution in [-0.4, -0.2) is 41.0 Å². The van der Waals surface area contributed by atoms with Crippen LogP contribution in [0.15, 0.2) is 24.3 Å². The third-order valence-corrected chi connectivity index (χ3v) is 3.95. The monoisotopic (exact) mass is 310 g/mol. The minimum absolute atomic E-state index is 0.0796. The lowest BCUT2D eigenvalue weighted by Gasteiger charge is -2.35. The zero-order valence-corrected chi connectivity index (χ0v) is 12.6. The molecule has 0 spiro atoms. The lowest BCUT2D eigenvalue weighted by atomic mass is 9.92. The van der Waals surface area contributed by atoms with Gasteiger partial charge in [0.2, 0.25) is 5.91 Å². The Morgan fingerprint density at radius 2 is 2.24 bits per heavy atom. The molecule has 1 aliphatic heterocycles. The first-order valence-electron chi connectivity index (χ1n) is 6.98. The summed E-state index contributed by atoms with van der Waals surface area (Å²) in [5, 5.41) is 12.6. The number of aliphatic carboxylic acids is 1. The molecule has 1 amide bonds. The van der Waals surface area contributed by atoms with E-state index in [1.54, 1.807) is 29.2 Å². The van der Waals surface area contributed by atoms with E-state index in [4.69, 9.17) is 11.6 Å². The van der Waals surface area contributed by atoms with E-state index in [1.807, 2.05) is 6.92 Å². The molecular formula is C15H19ClN2O3. The Balaban J connectivity index is 1.96. The molecule has 2 N–H and O–H groups in total. The SMILES string of the molecule is CC1CCN(CC(=O)Nc2cccc(Cl)c2)C(C(=O)O)C1. The molecule has 114 valence electrons. The Morgan fingerprint density at radius 1 is 1.48 bits per heavy atom. The maximum absolute atomic E-state index is 12.1. The standard InChI is InChI=1S/C15H19ClN2O3/c1-10-5-6-18(13(7-10)15(20)21)9-14(19)17-12-4-2-3-11(16)8-12/h2-4,8,10,13H,5-7,9H2,1H3,(H,17,19)(H,20,21). The van der Waals surface area contributed by atoms with E-state index >= 15 is 0 Å². The van der Waals surface area contributed by atoms with Gasteiger partial charge in [0.15, 0.2) is 0 Å². The Kier molecular flexibility index (Phi) is 5.20. The van der Waals surface area contributed by atoms with E-state index in [0.29, 0.717) is 29.6 Å². The van der Waals surface area contributed by atoms with E-state index in [1.165, 1.54) is 0 Å². The maximum Gasteiger partial charge on any atom is 0.320 e. The first-order chi connectivity index (χ1) is 9.95. The molecule has 0 aromatic heterocycles. The first kappa shape index (κ1) is 15.8. The summed E-state index contributed by atoms with van der Waals surface area (Å²) in [7, 11) is 0. The lowest BCUT2D eigenvalue weighted by molar-refractivity contribution is -0.145. The fraction of sp³-hybridized carbons (Fsp3) is 0.467. The van der Waals surface area contributed by atoms with E-state index in [0.717, 1.165) is 6.42 Å². The predicted octanol–water partition coefficient (Wildman–Crippen LogP) is 2.46. The fourth-order valence-electron chi connectivity index (χ4n) is 2.59. The number of amides is 1. The van der Waals surface area contributed by atoms with Gasteiger partial charge >= 0.3 is 5.97 Å². The van der Waals surface area contributed by atoms with Crippen LogP contribution in [0.2, 0.25) is 5.02 Å². The van der Waals surface area contributed by atoms with E-state index in [2.05, 4.69) is 5.32 Å². The van der Waals surface area contributed by atoms with Crippen LogP contribution in [0.4, 0.5) is 5.69 Å². The minimum atomic E-state index is -0.864. The summed E-state index contributed by atoms with van der Waals surface area (Å²) in [5.41, 5.74) is 0.616. The maximum atomic E-state index is 12.1. The van der Waals surface area contributed by atoms with Gasteiger partial charge in [0.1, 0.15) is 6.04 Å². The summed E-state index contributed by atoms with van der Waals surface area (Å²) >= 11 is 5.86. The Labute approximate surface area is 128 Å². The fourth-order valence-corrected chi connectivity index (χ4v) is 2.78. The van der Waals surface area contributed by atoms with Crippen LogP contribution in [0.25, 0.3) is 0 Å². The zero-order valence-electron chi connectivity index (χ0n) is 11.9. The quantitative estimate of drug-likeness (QED) is 0.896. The smallest absolute Gasteiger partial charge is 0.320 e. The highest BCUT2D eigenvalue weighted by atomic mass is 35.5. The highest BCUT2D eigenvalue weighted by Gasteiger charge is 2.32. The number of piperidine rings is 1. The van der Waals surface area contributed by atoms with Crippen molar-refractivity contribution in [3.05, 3.63) is 29.3 Å². The second kappa shape index (κ2) is 6.91. The molecule has 1 aliphatic rings. The Hall–Kier alpha value is -1.59. The van der Waals surface area contributed by atoms with Crippen molar-refractivity contribution in [1.82, 2.24) is 4.90 Å². The summed E-state index contributed by atoms with van der Waals surface area (Å²) in [5.74, 6) is -0.714. The average molecular weight is 311 g/mol. The molecule has 1 fully saturated rings. The van der Waals surface area contributed by atoms with Crippen LogP contribution >= 0.6 is 11.6 Å². The second-order valence-electron chi connectivity index (χ2n) is 5.51. The van der Waals surface area contributed by atoms with Gasteiger partial charge < -0.3 is 10.4 Å². The zero-order chi connectivity index (χ0) is 15.4. The van der Waals surface area contributed by atoms with Crippen molar-refractivity contribution in [3.63, 3.8) is 0 Å². The topological polar surface area (TPSA) is 69.6 Å². The van der Waals surface area contributed by atoms with Crippen molar-refractivity contribution in [1.29, 1.82) is 0 Å². The van der Waals surface area contributed by atoms with Crippen LogP contribution in [0.3, 0.4) is 0 Å². The number of benzene rings is 1. The summed E-state index contributed by atoms with van der Waals surface area (Å²) < 4.78 is 0. The summed E-state index contributed by atoms with van der Waals surface area (Å²) in [6, 6.07) is 6.30. The van der Waals surface area contributed by atoms with Gasteiger partial charge in [0.05, 0.1) is 6.54 Å². The minimum Gasteiger partial charge on any atom is -0.480 e. The van der Waals surface area contributed by atoms with Gasteiger partial charge in [-0.3, -0.25) is 14.5 Å². The van der Waals surface area contributed by atoms with Gasteiger partial charge in [0.25, 0.3) is 0 Å². The lowest BCUT2D eigenvalue weighted by Crippen LogP contribution is -2.49. The number of nitrogens with zero attached hydrogens (tertiary/aromatic N) is 1. The normalized spacial score (nSPS) is 22.8. The van der Waals surface area contributed by atoms with Crippen molar-refractivity contribution in [3.8, 4) is 0 Å².